The number of carbonyl (C=O) groups is 1. The lowest BCUT2D eigenvalue weighted by Gasteiger charge is -2.09. The van der Waals surface area contributed by atoms with Crippen LogP contribution in [0.3, 0.4) is 0 Å². The lowest BCUT2D eigenvalue weighted by molar-refractivity contribution is 0.0943. The van der Waals surface area contributed by atoms with Crippen molar-refractivity contribution in [2.75, 3.05) is 18.1 Å². The van der Waals surface area contributed by atoms with Crippen LogP contribution >= 0.6 is 15.9 Å². The molecule has 7 heteroatoms. The molecule has 1 amide bonds. The van der Waals surface area contributed by atoms with Gasteiger partial charge < -0.3 is 5.32 Å². The largest absolute Gasteiger partial charge is 0.350 e. The van der Waals surface area contributed by atoms with Gasteiger partial charge in [0, 0.05) is 17.2 Å². The van der Waals surface area contributed by atoms with Crippen molar-refractivity contribution in [1.82, 2.24) is 10.3 Å². The third kappa shape index (κ3) is 3.52. The molecule has 1 unspecified atom stereocenters. The maximum absolute atomic E-state index is 11.7. The number of nitrogens with zero attached hydrogens (tertiary/aromatic N) is 1. The van der Waals surface area contributed by atoms with Crippen LogP contribution in [0.1, 0.15) is 16.9 Å². The molecule has 0 aliphatic carbocycles. The predicted octanol–water partition coefficient (Wildman–Crippen LogP) is 1.01. The second-order valence-electron chi connectivity index (χ2n) is 4.34. The normalized spacial score (nSPS) is 21.7. The summed E-state index contributed by atoms with van der Waals surface area (Å²) in [6.07, 6.45) is 2.17. The van der Waals surface area contributed by atoms with Gasteiger partial charge in [0.25, 0.3) is 5.91 Å². The van der Waals surface area contributed by atoms with Crippen LogP contribution in [0.5, 0.6) is 0 Å². The Morgan fingerprint density at radius 1 is 1.50 bits per heavy atom. The van der Waals surface area contributed by atoms with Crippen molar-refractivity contribution in [2.45, 2.75) is 6.42 Å². The molecule has 1 aliphatic heterocycles. The first-order valence-corrected chi connectivity index (χ1v) is 8.18. The molecule has 0 bridgehead atoms. The zero-order chi connectivity index (χ0) is 13.2. The molecule has 0 spiro atoms. The Morgan fingerprint density at radius 2 is 2.28 bits per heavy atom. The first kappa shape index (κ1) is 13.5. The smallest absolute Gasteiger partial charge is 0.269 e. The minimum absolute atomic E-state index is 0.0226. The van der Waals surface area contributed by atoms with Gasteiger partial charge in [0.05, 0.1) is 11.5 Å². The summed E-state index contributed by atoms with van der Waals surface area (Å²) in [5.74, 6) is 0.145. The van der Waals surface area contributed by atoms with Crippen molar-refractivity contribution >= 4 is 31.7 Å². The fraction of sp³-hybridized carbons (Fsp3) is 0.455. The molecule has 5 nitrogen and oxygen atoms in total. The highest BCUT2D eigenvalue weighted by molar-refractivity contribution is 9.10. The van der Waals surface area contributed by atoms with Gasteiger partial charge in [-0.3, -0.25) is 4.79 Å². The minimum Gasteiger partial charge on any atom is -0.350 e. The highest BCUT2D eigenvalue weighted by Gasteiger charge is 2.28. The van der Waals surface area contributed by atoms with Crippen LogP contribution in [0.25, 0.3) is 0 Å². The van der Waals surface area contributed by atoms with Crippen molar-refractivity contribution in [1.29, 1.82) is 0 Å². The van der Waals surface area contributed by atoms with Gasteiger partial charge in [-0.1, -0.05) is 0 Å². The maximum atomic E-state index is 11.7. The Balaban J connectivity index is 1.87. The first-order chi connectivity index (χ1) is 8.46. The molecule has 1 saturated heterocycles. The Morgan fingerprint density at radius 3 is 2.83 bits per heavy atom. The van der Waals surface area contributed by atoms with Crippen molar-refractivity contribution in [2.24, 2.45) is 5.92 Å². The van der Waals surface area contributed by atoms with E-state index >= 15 is 0 Å². The predicted molar refractivity (Wildman–Crippen MR) is 71.0 cm³/mol. The molecule has 2 rings (SSSR count). The third-order valence-corrected chi connectivity index (χ3v) is 5.14. The molecule has 18 heavy (non-hydrogen) atoms. The van der Waals surface area contributed by atoms with Gasteiger partial charge >= 0.3 is 0 Å². The molecule has 0 aromatic carbocycles. The van der Waals surface area contributed by atoms with E-state index in [2.05, 4.69) is 26.2 Å². The SMILES string of the molecule is O=C(NCC1CCS(=O)(=O)C1)c1ccc(Br)cn1. The number of halogens is 1. The Kier molecular flexibility index (Phi) is 4.01. The number of amides is 1. The van der Waals surface area contributed by atoms with E-state index in [9.17, 15) is 13.2 Å². The van der Waals surface area contributed by atoms with Crippen LogP contribution in [-0.2, 0) is 9.84 Å². The lowest BCUT2D eigenvalue weighted by Crippen LogP contribution is -2.30. The van der Waals surface area contributed by atoms with Crippen molar-refractivity contribution in [3.63, 3.8) is 0 Å². The van der Waals surface area contributed by atoms with Crippen molar-refractivity contribution in [3.05, 3.63) is 28.5 Å². The van der Waals surface area contributed by atoms with Crippen LogP contribution in [0.2, 0.25) is 0 Å². The summed E-state index contributed by atoms with van der Waals surface area (Å²) in [6, 6.07) is 3.35. The summed E-state index contributed by atoms with van der Waals surface area (Å²) >= 11 is 3.24. The quantitative estimate of drug-likeness (QED) is 0.896. The van der Waals surface area contributed by atoms with E-state index in [1.165, 1.54) is 0 Å². The van der Waals surface area contributed by atoms with E-state index in [4.69, 9.17) is 0 Å². The van der Waals surface area contributed by atoms with Gasteiger partial charge in [0.2, 0.25) is 0 Å². The molecular weight excluding hydrogens is 320 g/mol. The average Bonchev–Trinajstić information content (AvgIpc) is 2.67. The average molecular weight is 333 g/mol. The van der Waals surface area contributed by atoms with Crippen LogP contribution in [0.4, 0.5) is 0 Å². The molecule has 98 valence electrons. The fourth-order valence-corrected chi connectivity index (χ4v) is 3.97. The van der Waals surface area contributed by atoms with Gasteiger partial charge in [-0.15, -0.1) is 0 Å². The molecule has 1 N–H and O–H groups in total. The first-order valence-electron chi connectivity index (χ1n) is 5.56. The number of hydrogen-bond donors (Lipinski definition) is 1. The number of sulfone groups is 1. The summed E-state index contributed by atoms with van der Waals surface area (Å²) < 4.78 is 23.3. The third-order valence-electron chi connectivity index (χ3n) is 2.84. The Labute approximate surface area is 114 Å². The van der Waals surface area contributed by atoms with Gasteiger partial charge in [-0.25, -0.2) is 13.4 Å². The number of pyridine rings is 1. The molecular formula is C11H13BrN2O3S. The van der Waals surface area contributed by atoms with E-state index in [1.54, 1.807) is 18.3 Å². The van der Waals surface area contributed by atoms with E-state index in [1.807, 2.05) is 0 Å². The molecule has 2 heterocycles. The molecule has 1 aromatic heterocycles. The number of nitrogens with one attached hydrogen (secondary N) is 1. The summed E-state index contributed by atoms with van der Waals surface area (Å²) in [5.41, 5.74) is 0.332. The highest BCUT2D eigenvalue weighted by atomic mass is 79.9. The molecule has 1 fully saturated rings. The second-order valence-corrected chi connectivity index (χ2v) is 7.49. The summed E-state index contributed by atoms with van der Waals surface area (Å²) in [5, 5.41) is 2.72. The van der Waals surface area contributed by atoms with Crippen molar-refractivity contribution < 1.29 is 13.2 Å². The van der Waals surface area contributed by atoms with Gasteiger partial charge in [-0.05, 0) is 40.4 Å². The van der Waals surface area contributed by atoms with Crippen molar-refractivity contribution in [3.8, 4) is 0 Å². The van der Waals surface area contributed by atoms with Gasteiger partial charge in [-0.2, -0.15) is 0 Å². The van der Waals surface area contributed by atoms with Crippen LogP contribution in [0, 0.1) is 5.92 Å². The number of hydrogen-bond acceptors (Lipinski definition) is 4. The van der Waals surface area contributed by atoms with Crippen LogP contribution in [-0.4, -0.2) is 37.4 Å². The minimum atomic E-state index is -2.89. The maximum Gasteiger partial charge on any atom is 0.269 e. The summed E-state index contributed by atoms with van der Waals surface area (Å²) in [4.78, 5) is 15.7. The number of rotatable bonds is 3. The van der Waals surface area contributed by atoms with E-state index in [0.29, 0.717) is 18.7 Å². The Hall–Kier alpha value is -0.950. The summed E-state index contributed by atoms with van der Waals surface area (Å²) in [7, 11) is -2.89. The van der Waals surface area contributed by atoms with Gasteiger partial charge in [0.1, 0.15) is 5.69 Å². The summed E-state index contributed by atoms with van der Waals surface area (Å²) in [6.45, 7) is 0.385. The Bertz CT molecular complexity index is 542. The number of carbonyl (C=O) groups excluding carboxylic acids is 1. The van der Waals surface area contributed by atoms with Crippen LogP contribution in [0.15, 0.2) is 22.8 Å². The monoisotopic (exact) mass is 332 g/mol. The second kappa shape index (κ2) is 5.36. The zero-order valence-electron chi connectivity index (χ0n) is 9.60. The molecule has 1 aliphatic rings. The molecule has 1 aromatic rings. The lowest BCUT2D eigenvalue weighted by atomic mass is 10.1. The standard InChI is InChI=1S/C11H13BrN2O3S/c12-9-1-2-10(13-6-9)11(15)14-5-8-3-4-18(16,17)7-8/h1-2,6,8H,3-5,7H2,(H,14,15). The molecule has 1 atom stereocenters. The van der Waals surface area contributed by atoms with E-state index in [0.717, 1.165) is 4.47 Å². The molecule has 0 saturated carbocycles. The topological polar surface area (TPSA) is 76.1 Å². The van der Waals surface area contributed by atoms with Crippen LogP contribution < -0.4 is 5.32 Å². The van der Waals surface area contributed by atoms with E-state index in [-0.39, 0.29) is 23.3 Å². The highest BCUT2D eigenvalue weighted by Crippen LogP contribution is 2.17. The number of aromatic nitrogens is 1. The molecule has 0 radical (unpaired) electrons. The van der Waals surface area contributed by atoms with E-state index < -0.39 is 9.84 Å². The van der Waals surface area contributed by atoms with Gasteiger partial charge in [0.15, 0.2) is 9.84 Å². The zero-order valence-corrected chi connectivity index (χ0v) is 12.0. The fourth-order valence-electron chi connectivity index (χ4n) is 1.87.